The van der Waals surface area contributed by atoms with Crippen molar-refractivity contribution in [2.45, 2.75) is 18.2 Å². The lowest BCUT2D eigenvalue weighted by Gasteiger charge is -2.11. The molecule has 3 nitrogen and oxygen atoms in total. The average molecular weight is 212 g/mol. The van der Waals surface area contributed by atoms with E-state index in [9.17, 15) is 4.79 Å². The molecule has 0 heterocycles. The molecule has 1 aromatic rings. The Morgan fingerprint density at radius 3 is 2.71 bits per heavy atom. The number of thiol groups is 1. The molecule has 0 atom stereocenters. The maximum absolute atomic E-state index is 10.6. The van der Waals surface area contributed by atoms with Crippen molar-refractivity contribution in [2.75, 3.05) is 7.11 Å². The van der Waals surface area contributed by atoms with Gasteiger partial charge < -0.3 is 9.84 Å². The molecular formula is C10H12O3S. The molecule has 0 spiro atoms. The summed E-state index contributed by atoms with van der Waals surface area (Å²) in [4.78, 5) is 11.4. The van der Waals surface area contributed by atoms with Crippen LogP contribution in [0.2, 0.25) is 0 Å². The van der Waals surface area contributed by atoms with Gasteiger partial charge >= 0.3 is 5.97 Å². The van der Waals surface area contributed by atoms with E-state index in [1.807, 2.05) is 6.92 Å². The zero-order valence-corrected chi connectivity index (χ0v) is 8.97. The second kappa shape index (κ2) is 4.37. The first-order chi connectivity index (χ1) is 6.56. The minimum atomic E-state index is -0.870. The molecular weight excluding hydrogens is 200 g/mol. The maximum atomic E-state index is 10.6. The van der Waals surface area contributed by atoms with Crippen LogP contribution in [0.3, 0.4) is 0 Å². The lowest BCUT2D eigenvalue weighted by molar-refractivity contribution is -0.136. The van der Waals surface area contributed by atoms with Gasteiger partial charge in [-0.3, -0.25) is 4.79 Å². The van der Waals surface area contributed by atoms with E-state index < -0.39 is 5.97 Å². The number of ether oxygens (including phenoxy) is 1. The van der Waals surface area contributed by atoms with E-state index in [4.69, 9.17) is 9.84 Å². The summed E-state index contributed by atoms with van der Waals surface area (Å²) in [5.41, 5.74) is 1.54. The van der Waals surface area contributed by atoms with E-state index in [-0.39, 0.29) is 6.42 Å². The van der Waals surface area contributed by atoms with Crippen LogP contribution in [0.1, 0.15) is 11.1 Å². The molecule has 0 saturated carbocycles. The summed E-state index contributed by atoms with van der Waals surface area (Å²) in [6, 6.07) is 3.52. The fraction of sp³-hybridized carbons (Fsp3) is 0.300. The minimum absolute atomic E-state index is 0.0383. The van der Waals surface area contributed by atoms with Crippen molar-refractivity contribution in [3.05, 3.63) is 23.3 Å². The van der Waals surface area contributed by atoms with Crippen LogP contribution < -0.4 is 4.74 Å². The first kappa shape index (κ1) is 10.9. The van der Waals surface area contributed by atoms with Crippen LogP contribution in [0, 0.1) is 6.92 Å². The maximum Gasteiger partial charge on any atom is 0.307 e. The second-order valence-electron chi connectivity index (χ2n) is 2.96. The molecule has 0 aliphatic carbocycles. The smallest absolute Gasteiger partial charge is 0.307 e. The molecule has 0 aromatic heterocycles. The van der Waals surface area contributed by atoms with Gasteiger partial charge in [-0.05, 0) is 24.6 Å². The lowest BCUT2D eigenvalue weighted by Crippen LogP contribution is -2.04. The van der Waals surface area contributed by atoms with Gasteiger partial charge in [-0.25, -0.2) is 0 Å². The largest absolute Gasteiger partial charge is 0.496 e. The van der Waals surface area contributed by atoms with Crippen LogP contribution in [0.4, 0.5) is 0 Å². The van der Waals surface area contributed by atoms with Crippen LogP contribution in [0.25, 0.3) is 0 Å². The fourth-order valence-electron chi connectivity index (χ4n) is 1.28. The molecule has 14 heavy (non-hydrogen) atoms. The zero-order valence-electron chi connectivity index (χ0n) is 8.07. The summed E-state index contributed by atoms with van der Waals surface area (Å²) in [6.07, 6.45) is -0.0383. The van der Waals surface area contributed by atoms with Crippen molar-refractivity contribution in [3.8, 4) is 5.75 Å². The van der Waals surface area contributed by atoms with Crippen molar-refractivity contribution >= 4 is 18.6 Å². The van der Waals surface area contributed by atoms with Crippen molar-refractivity contribution < 1.29 is 14.6 Å². The third-order valence-electron chi connectivity index (χ3n) is 2.07. The van der Waals surface area contributed by atoms with Gasteiger partial charge in [0.2, 0.25) is 0 Å². The first-order valence-corrected chi connectivity index (χ1v) is 4.58. The highest BCUT2D eigenvalue weighted by molar-refractivity contribution is 7.80. The average Bonchev–Trinajstić information content (AvgIpc) is 2.13. The highest BCUT2D eigenvalue weighted by Gasteiger charge is 2.12. The molecule has 0 unspecified atom stereocenters. The third-order valence-corrected chi connectivity index (χ3v) is 2.56. The molecule has 4 heteroatoms. The van der Waals surface area contributed by atoms with Crippen LogP contribution in [0.5, 0.6) is 5.75 Å². The van der Waals surface area contributed by atoms with E-state index >= 15 is 0 Å². The highest BCUT2D eigenvalue weighted by atomic mass is 32.1. The highest BCUT2D eigenvalue weighted by Crippen LogP contribution is 2.27. The summed E-state index contributed by atoms with van der Waals surface area (Å²) < 4.78 is 5.08. The number of hydrogen-bond donors (Lipinski definition) is 2. The van der Waals surface area contributed by atoms with Gasteiger partial charge in [0, 0.05) is 10.5 Å². The zero-order chi connectivity index (χ0) is 10.7. The van der Waals surface area contributed by atoms with Crippen molar-refractivity contribution in [2.24, 2.45) is 0 Å². The van der Waals surface area contributed by atoms with Crippen LogP contribution in [-0.2, 0) is 11.2 Å². The number of benzene rings is 1. The standard InChI is InChI=1S/C10H12O3S/c1-6-7(5-10(11)12)8(13-2)3-4-9(6)14/h3-4,14H,5H2,1-2H3,(H,11,12). The number of rotatable bonds is 3. The minimum Gasteiger partial charge on any atom is -0.496 e. The molecule has 1 aromatic carbocycles. The molecule has 0 saturated heterocycles. The first-order valence-electron chi connectivity index (χ1n) is 4.13. The van der Waals surface area contributed by atoms with Crippen LogP contribution in [-0.4, -0.2) is 18.2 Å². The van der Waals surface area contributed by atoms with E-state index in [0.717, 1.165) is 10.5 Å². The topological polar surface area (TPSA) is 46.5 Å². The van der Waals surface area contributed by atoms with Gasteiger partial charge in [0.25, 0.3) is 0 Å². The van der Waals surface area contributed by atoms with Crippen molar-refractivity contribution in [3.63, 3.8) is 0 Å². The summed E-state index contributed by atoms with van der Waals surface area (Å²) in [6.45, 7) is 1.84. The Morgan fingerprint density at radius 2 is 2.21 bits per heavy atom. The predicted molar refractivity (Wildman–Crippen MR) is 56.3 cm³/mol. The van der Waals surface area contributed by atoms with Gasteiger partial charge in [-0.2, -0.15) is 0 Å². The van der Waals surface area contributed by atoms with Gasteiger partial charge in [0.05, 0.1) is 13.5 Å². The Balaban J connectivity index is 3.20. The summed E-state index contributed by atoms with van der Waals surface area (Å²) in [5, 5.41) is 8.72. The normalized spacial score (nSPS) is 9.93. The number of methoxy groups -OCH3 is 1. The third kappa shape index (κ3) is 2.20. The molecule has 0 aliphatic heterocycles. The molecule has 0 radical (unpaired) electrons. The van der Waals surface area contributed by atoms with Crippen molar-refractivity contribution in [1.29, 1.82) is 0 Å². The van der Waals surface area contributed by atoms with E-state index in [0.29, 0.717) is 11.3 Å². The molecule has 0 bridgehead atoms. The van der Waals surface area contributed by atoms with Crippen LogP contribution in [0.15, 0.2) is 17.0 Å². The van der Waals surface area contributed by atoms with Crippen molar-refractivity contribution in [1.82, 2.24) is 0 Å². The number of carboxylic acids is 1. The van der Waals surface area contributed by atoms with E-state index in [1.54, 1.807) is 12.1 Å². The summed E-state index contributed by atoms with van der Waals surface area (Å²) in [7, 11) is 1.53. The van der Waals surface area contributed by atoms with Crippen LogP contribution >= 0.6 is 12.6 Å². The Bertz CT molecular complexity index is 361. The molecule has 76 valence electrons. The van der Waals surface area contributed by atoms with Gasteiger partial charge in [-0.1, -0.05) is 0 Å². The van der Waals surface area contributed by atoms with Gasteiger partial charge in [-0.15, -0.1) is 12.6 Å². The van der Waals surface area contributed by atoms with Gasteiger partial charge in [0.15, 0.2) is 0 Å². The summed E-state index contributed by atoms with van der Waals surface area (Å²) >= 11 is 4.23. The lowest BCUT2D eigenvalue weighted by atomic mass is 10.0. The summed E-state index contributed by atoms with van der Waals surface area (Å²) in [5.74, 6) is -0.270. The molecule has 1 N–H and O–H groups in total. The SMILES string of the molecule is COc1ccc(S)c(C)c1CC(=O)O. The number of carbonyl (C=O) groups is 1. The predicted octanol–water partition coefficient (Wildman–Crippen LogP) is 1.92. The number of carboxylic acid groups (broad SMARTS) is 1. The molecule has 1 rings (SSSR count). The molecule has 0 aliphatic rings. The second-order valence-corrected chi connectivity index (χ2v) is 3.44. The van der Waals surface area contributed by atoms with Gasteiger partial charge in [0.1, 0.15) is 5.75 Å². The van der Waals surface area contributed by atoms with E-state index in [2.05, 4.69) is 12.6 Å². The Kier molecular flexibility index (Phi) is 3.41. The fourth-order valence-corrected chi connectivity index (χ4v) is 1.49. The monoisotopic (exact) mass is 212 g/mol. The van der Waals surface area contributed by atoms with E-state index in [1.165, 1.54) is 7.11 Å². The quantitative estimate of drug-likeness (QED) is 0.752. The molecule has 0 amide bonds. The Labute approximate surface area is 88.1 Å². The number of aliphatic carboxylic acids is 1. The molecule has 0 fully saturated rings. The number of hydrogen-bond acceptors (Lipinski definition) is 3. The Morgan fingerprint density at radius 1 is 1.57 bits per heavy atom. The Hall–Kier alpha value is -1.16.